The van der Waals surface area contributed by atoms with Crippen LogP contribution < -0.4 is 0 Å². The SMILES string of the molecule is CC1CCC(c2nc(-c3ccc(C#N)cc3)cs2)C1. The van der Waals surface area contributed by atoms with Gasteiger partial charge in [-0.2, -0.15) is 5.26 Å². The molecule has 19 heavy (non-hydrogen) atoms. The molecule has 1 heterocycles. The molecule has 3 rings (SSSR count). The topological polar surface area (TPSA) is 36.7 Å². The van der Waals surface area contributed by atoms with Crippen molar-refractivity contribution in [3.63, 3.8) is 0 Å². The summed E-state index contributed by atoms with van der Waals surface area (Å²) >= 11 is 1.78. The van der Waals surface area contributed by atoms with E-state index in [1.165, 1.54) is 24.3 Å². The Balaban J connectivity index is 1.82. The van der Waals surface area contributed by atoms with Gasteiger partial charge in [0.2, 0.25) is 0 Å². The summed E-state index contributed by atoms with van der Waals surface area (Å²) < 4.78 is 0. The predicted molar refractivity (Wildman–Crippen MR) is 78.0 cm³/mol. The van der Waals surface area contributed by atoms with Crippen LogP contribution in [0.4, 0.5) is 0 Å². The highest BCUT2D eigenvalue weighted by Gasteiger charge is 2.25. The van der Waals surface area contributed by atoms with Gasteiger partial charge in [0.15, 0.2) is 0 Å². The third-order valence-corrected chi connectivity index (χ3v) is 4.88. The van der Waals surface area contributed by atoms with Crippen molar-refractivity contribution in [1.29, 1.82) is 5.26 Å². The van der Waals surface area contributed by atoms with E-state index in [0.717, 1.165) is 17.2 Å². The standard InChI is InChI=1S/C16H16N2S/c1-11-2-5-14(8-11)16-18-15(10-19-16)13-6-3-12(9-17)4-7-13/h3-4,6-7,10-11,14H,2,5,8H2,1H3. The van der Waals surface area contributed by atoms with E-state index in [4.69, 9.17) is 10.2 Å². The first-order chi connectivity index (χ1) is 9.26. The number of nitriles is 1. The molecule has 2 nitrogen and oxygen atoms in total. The molecule has 0 saturated heterocycles. The molecule has 1 saturated carbocycles. The number of hydrogen-bond donors (Lipinski definition) is 0. The van der Waals surface area contributed by atoms with Gasteiger partial charge in [-0.15, -0.1) is 11.3 Å². The Bertz CT molecular complexity index is 606. The van der Waals surface area contributed by atoms with E-state index < -0.39 is 0 Å². The van der Waals surface area contributed by atoms with Crippen molar-refractivity contribution < 1.29 is 0 Å². The molecule has 2 atom stereocenters. The fourth-order valence-corrected chi connectivity index (χ4v) is 3.73. The molecular formula is C16H16N2S. The van der Waals surface area contributed by atoms with E-state index >= 15 is 0 Å². The van der Waals surface area contributed by atoms with Crippen molar-refractivity contribution in [2.75, 3.05) is 0 Å². The molecule has 0 aliphatic heterocycles. The van der Waals surface area contributed by atoms with Crippen molar-refractivity contribution in [1.82, 2.24) is 4.98 Å². The van der Waals surface area contributed by atoms with E-state index in [-0.39, 0.29) is 0 Å². The van der Waals surface area contributed by atoms with Crippen LogP contribution in [0.5, 0.6) is 0 Å². The van der Waals surface area contributed by atoms with Crippen molar-refractivity contribution >= 4 is 11.3 Å². The second kappa shape index (κ2) is 5.14. The first-order valence-electron chi connectivity index (χ1n) is 6.72. The normalized spacial score (nSPS) is 22.3. The van der Waals surface area contributed by atoms with E-state index in [9.17, 15) is 0 Å². The van der Waals surface area contributed by atoms with E-state index in [0.29, 0.717) is 11.5 Å². The van der Waals surface area contributed by atoms with Crippen LogP contribution >= 0.6 is 11.3 Å². The van der Waals surface area contributed by atoms with E-state index in [2.05, 4.69) is 18.4 Å². The van der Waals surface area contributed by atoms with Gasteiger partial charge in [-0.1, -0.05) is 25.5 Å². The molecule has 0 amide bonds. The fourth-order valence-electron chi connectivity index (χ4n) is 2.75. The molecule has 0 spiro atoms. The summed E-state index contributed by atoms with van der Waals surface area (Å²) in [5, 5.41) is 12.2. The van der Waals surface area contributed by atoms with Crippen LogP contribution in [0.25, 0.3) is 11.3 Å². The Morgan fingerprint density at radius 2 is 2.05 bits per heavy atom. The zero-order valence-corrected chi connectivity index (χ0v) is 11.8. The van der Waals surface area contributed by atoms with Crippen LogP contribution in [0.1, 0.15) is 42.7 Å². The number of aromatic nitrogens is 1. The maximum absolute atomic E-state index is 8.81. The second-order valence-electron chi connectivity index (χ2n) is 5.38. The minimum Gasteiger partial charge on any atom is -0.241 e. The lowest BCUT2D eigenvalue weighted by atomic mass is 10.1. The molecule has 3 heteroatoms. The maximum atomic E-state index is 8.81. The number of thiazole rings is 1. The highest BCUT2D eigenvalue weighted by atomic mass is 32.1. The highest BCUT2D eigenvalue weighted by Crippen LogP contribution is 2.40. The largest absolute Gasteiger partial charge is 0.241 e. The summed E-state index contributed by atoms with van der Waals surface area (Å²) in [6.45, 7) is 2.33. The first kappa shape index (κ1) is 12.4. The van der Waals surface area contributed by atoms with Crippen LogP contribution in [0.3, 0.4) is 0 Å². The second-order valence-corrected chi connectivity index (χ2v) is 6.26. The Hall–Kier alpha value is -1.66. The predicted octanol–water partition coefficient (Wildman–Crippen LogP) is 4.59. The fraction of sp³-hybridized carbons (Fsp3) is 0.375. The third-order valence-electron chi connectivity index (χ3n) is 3.88. The Morgan fingerprint density at radius 1 is 1.26 bits per heavy atom. The lowest BCUT2D eigenvalue weighted by molar-refractivity contribution is 0.596. The van der Waals surface area contributed by atoms with Gasteiger partial charge in [0.25, 0.3) is 0 Å². The zero-order chi connectivity index (χ0) is 13.2. The summed E-state index contributed by atoms with van der Waals surface area (Å²) in [6, 6.07) is 9.81. The zero-order valence-electron chi connectivity index (χ0n) is 11.0. The molecule has 96 valence electrons. The Morgan fingerprint density at radius 3 is 2.68 bits per heavy atom. The molecule has 1 fully saturated rings. The molecule has 1 aliphatic rings. The van der Waals surface area contributed by atoms with Crippen molar-refractivity contribution in [3.05, 3.63) is 40.2 Å². The molecule has 0 bridgehead atoms. The Labute approximate surface area is 117 Å². The van der Waals surface area contributed by atoms with Crippen molar-refractivity contribution in [3.8, 4) is 17.3 Å². The van der Waals surface area contributed by atoms with Gasteiger partial charge in [-0.25, -0.2) is 4.98 Å². The number of nitrogens with zero attached hydrogens (tertiary/aromatic N) is 2. The summed E-state index contributed by atoms with van der Waals surface area (Å²) in [5.74, 6) is 1.50. The van der Waals surface area contributed by atoms with Crippen LogP contribution in [0.2, 0.25) is 0 Å². The van der Waals surface area contributed by atoms with Crippen molar-refractivity contribution in [2.45, 2.75) is 32.1 Å². The van der Waals surface area contributed by atoms with Gasteiger partial charge in [-0.3, -0.25) is 0 Å². The summed E-state index contributed by atoms with van der Waals surface area (Å²) in [6.07, 6.45) is 3.89. The maximum Gasteiger partial charge on any atom is 0.0991 e. The summed E-state index contributed by atoms with van der Waals surface area (Å²) in [4.78, 5) is 4.79. The van der Waals surface area contributed by atoms with Crippen LogP contribution in [0, 0.1) is 17.2 Å². The number of rotatable bonds is 2. The molecule has 0 N–H and O–H groups in total. The average molecular weight is 268 g/mol. The summed E-state index contributed by atoms with van der Waals surface area (Å²) in [7, 11) is 0. The molecule has 1 aliphatic carbocycles. The smallest absolute Gasteiger partial charge is 0.0991 e. The minimum absolute atomic E-state index is 0.659. The van der Waals surface area contributed by atoms with Gasteiger partial charge in [0.05, 0.1) is 22.3 Å². The van der Waals surface area contributed by atoms with E-state index in [1.54, 1.807) is 11.3 Å². The number of hydrogen-bond acceptors (Lipinski definition) is 3. The van der Waals surface area contributed by atoms with Gasteiger partial charge in [0.1, 0.15) is 0 Å². The van der Waals surface area contributed by atoms with Gasteiger partial charge in [-0.05, 0) is 30.9 Å². The molecule has 2 aromatic rings. The van der Waals surface area contributed by atoms with Gasteiger partial charge < -0.3 is 0 Å². The quantitative estimate of drug-likeness (QED) is 0.799. The van der Waals surface area contributed by atoms with Crippen LogP contribution in [-0.2, 0) is 0 Å². The lowest BCUT2D eigenvalue weighted by Gasteiger charge is -2.04. The molecule has 1 aromatic heterocycles. The van der Waals surface area contributed by atoms with Gasteiger partial charge in [0, 0.05) is 16.9 Å². The highest BCUT2D eigenvalue weighted by molar-refractivity contribution is 7.10. The first-order valence-corrected chi connectivity index (χ1v) is 7.60. The molecule has 0 radical (unpaired) electrons. The minimum atomic E-state index is 0.659. The van der Waals surface area contributed by atoms with E-state index in [1.807, 2.05) is 24.3 Å². The molecule has 2 unspecified atom stereocenters. The van der Waals surface area contributed by atoms with Crippen LogP contribution in [0.15, 0.2) is 29.6 Å². The lowest BCUT2D eigenvalue weighted by Crippen LogP contribution is -1.92. The monoisotopic (exact) mass is 268 g/mol. The molecular weight excluding hydrogens is 252 g/mol. The average Bonchev–Trinajstić information content (AvgIpc) is 3.07. The number of benzene rings is 1. The summed E-state index contributed by atoms with van der Waals surface area (Å²) in [5.41, 5.74) is 2.85. The van der Waals surface area contributed by atoms with Gasteiger partial charge >= 0.3 is 0 Å². The van der Waals surface area contributed by atoms with Crippen LogP contribution in [-0.4, -0.2) is 4.98 Å². The third kappa shape index (κ3) is 2.54. The van der Waals surface area contributed by atoms with Crippen molar-refractivity contribution in [2.24, 2.45) is 5.92 Å². The Kier molecular flexibility index (Phi) is 3.35. The molecule has 1 aromatic carbocycles.